The molecule has 96 valence electrons. The molecule has 1 amide bonds. The van der Waals surface area contributed by atoms with Crippen molar-refractivity contribution in [3.8, 4) is 0 Å². The predicted molar refractivity (Wildman–Crippen MR) is 69.9 cm³/mol. The Morgan fingerprint density at radius 1 is 1.39 bits per heavy atom. The van der Waals surface area contributed by atoms with Gasteiger partial charge in [-0.1, -0.05) is 6.42 Å². The van der Waals surface area contributed by atoms with Gasteiger partial charge in [0, 0.05) is 12.7 Å². The standard InChI is InChI=1S/C14H19N3O/c15-13-4-3-11(7-16-13)14(18)17-8-12-6-9-1-2-10(12)5-9/h3-4,7,9-10,12H,1-2,5-6,8H2,(H2,15,16)(H,17,18). The van der Waals surface area contributed by atoms with Gasteiger partial charge in [0.05, 0.1) is 5.56 Å². The van der Waals surface area contributed by atoms with Gasteiger partial charge < -0.3 is 11.1 Å². The van der Waals surface area contributed by atoms with E-state index in [0.29, 0.717) is 17.3 Å². The van der Waals surface area contributed by atoms with Crippen molar-refractivity contribution in [3.05, 3.63) is 23.9 Å². The summed E-state index contributed by atoms with van der Waals surface area (Å²) in [4.78, 5) is 15.9. The van der Waals surface area contributed by atoms with Crippen molar-refractivity contribution in [1.29, 1.82) is 0 Å². The summed E-state index contributed by atoms with van der Waals surface area (Å²) in [7, 11) is 0. The zero-order chi connectivity index (χ0) is 12.5. The molecule has 18 heavy (non-hydrogen) atoms. The molecule has 2 aliphatic carbocycles. The van der Waals surface area contributed by atoms with Crippen molar-refractivity contribution in [2.45, 2.75) is 25.7 Å². The molecule has 2 bridgehead atoms. The van der Waals surface area contributed by atoms with Gasteiger partial charge in [-0.3, -0.25) is 4.79 Å². The van der Waals surface area contributed by atoms with E-state index in [-0.39, 0.29) is 5.91 Å². The van der Waals surface area contributed by atoms with Gasteiger partial charge in [0.1, 0.15) is 5.82 Å². The number of pyridine rings is 1. The quantitative estimate of drug-likeness (QED) is 0.853. The van der Waals surface area contributed by atoms with Crippen LogP contribution in [0.1, 0.15) is 36.0 Å². The number of nitrogens with two attached hydrogens (primary N) is 1. The minimum absolute atomic E-state index is 0.0368. The second kappa shape index (κ2) is 4.59. The van der Waals surface area contributed by atoms with E-state index in [4.69, 9.17) is 5.73 Å². The number of hydrogen-bond donors (Lipinski definition) is 2. The van der Waals surface area contributed by atoms with Gasteiger partial charge in [0.2, 0.25) is 0 Å². The summed E-state index contributed by atoms with van der Waals surface area (Å²) < 4.78 is 0. The average Bonchev–Trinajstić information content (AvgIpc) is 2.99. The van der Waals surface area contributed by atoms with Crippen LogP contribution >= 0.6 is 0 Å². The number of carbonyl (C=O) groups excluding carboxylic acids is 1. The van der Waals surface area contributed by atoms with E-state index in [1.165, 1.54) is 31.9 Å². The fourth-order valence-electron chi connectivity index (χ4n) is 3.49. The first kappa shape index (κ1) is 11.5. The van der Waals surface area contributed by atoms with Crippen molar-refractivity contribution in [2.75, 3.05) is 12.3 Å². The first-order valence-corrected chi connectivity index (χ1v) is 6.72. The van der Waals surface area contributed by atoms with Gasteiger partial charge in [-0.05, 0) is 49.1 Å². The molecule has 3 rings (SSSR count). The summed E-state index contributed by atoms with van der Waals surface area (Å²) in [5.74, 6) is 2.87. The van der Waals surface area contributed by atoms with E-state index < -0.39 is 0 Å². The third-order valence-corrected chi connectivity index (χ3v) is 4.46. The van der Waals surface area contributed by atoms with Crippen LogP contribution in [-0.2, 0) is 0 Å². The second-order valence-corrected chi connectivity index (χ2v) is 5.62. The van der Waals surface area contributed by atoms with E-state index >= 15 is 0 Å². The molecular formula is C14H19N3O. The number of carbonyl (C=O) groups is 1. The topological polar surface area (TPSA) is 68.0 Å². The molecule has 0 aliphatic heterocycles. The molecule has 3 unspecified atom stereocenters. The highest BCUT2D eigenvalue weighted by molar-refractivity contribution is 5.93. The summed E-state index contributed by atoms with van der Waals surface area (Å²) in [6.07, 6.45) is 6.96. The van der Waals surface area contributed by atoms with Crippen LogP contribution in [0.15, 0.2) is 18.3 Å². The molecule has 4 nitrogen and oxygen atoms in total. The number of fused-ring (bicyclic) bond motifs is 2. The Morgan fingerprint density at radius 2 is 2.28 bits per heavy atom. The minimum atomic E-state index is -0.0368. The number of nitrogens with zero attached hydrogens (tertiary/aromatic N) is 1. The van der Waals surface area contributed by atoms with Crippen LogP contribution < -0.4 is 11.1 Å². The molecule has 1 aromatic heterocycles. The fourth-order valence-corrected chi connectivity index (χ4v) is 3.49. The summed E-state index contributed by atoms with van der Waals surface area (Å²) in [6, 6.07) is 3.38. The Morgan fingerprint density at radius 3 is 2.89 bits per heavy atom. The maximum Gasteiger partial charge on any atom is 0.252 e. The highest BCUT2D eigenvalue weighted by Gasteiger charge is 2.39. The number of nitrogen functional groups attached to an aromatic ring is 1. The molecule has 2 saturated carbocycles. The maximum atomic E-state index is 11.9. The summed E-state index contributed by atoms with van der Waals surface area (Å²) >= 11 is 0. The summed E-state index contributed by atoms with van der Waals surface area (Å²) in [6.45, 7) is 0.810. The normalized spacial score (nSPS) is 29.4. The monoisotopic (exact) mass is 245 g/mol. The highest BCUT2D eigenvalue weighted by atomic mass is 16.1. The van der Waals surface area contributed by atoms with Crippen LogP contribution in [0.5, 0.6) is 0 Å². The molecule has 1 aromatic rings. The van der Waals surface area contributed by atoms with Gasteiger partial charge in [-0.15, -0.1) is 0 Å². The summed E-state index contributed by atoms with van der Waals surface area (Å²) in [5.41, 5.74) is 6.09. The van der Waals surface area contributed by atoms with Crippen LogP contribution in [0.3, 0.4) is 0 Å². The molecule has 3 N–H and O–H groups in total. The number of aromatic nitrogens is 1. The number of anilines is 1. The van der Waals surface area contributed by atoms with Crippen LogP contribution in [0.25, 0.3) is 0 Å². The lowest BCUT2D eigenvalue weighted by molar-refractivity contribution is 0.0941. The SMILES string of the molecule is Nc1ccc(C(=O)NCC2CC3CCC2C3)cn1. The van der Waals surface area contributed by atoms with Gasteiger partial charge in [0.15, 0.2) is 0 Å². The zero-order valence-corrected chi connectivity index (χ0v) is 10.4. The lowest BCUT2D eigenvalue weighted by atomic mass is 9.89. The molecule has 0 aromatic carbocycles. The Labute approximate surface area is 107 Å². The van der Waals surface area contributed by atoms with Gasteiger partial charge in [-0.25, -0.2) is 4.98 Å². The van der Waals surface area contributed by atoms with E-state index in [0.717, 1.165) is 18.4 Å². The van der Waals surface area contributed by atoms with Gasteiger partial charge in [0.25, 0.3) is 5.91 Å². The van der Waals surface area contributed by atoms with Crippen LogP contribution in [0.2, 0.25) is 0 Å². The second-order valence-electron chi connectivity index (χ2n) is 5.62. The Bertz CT molecular complexity index is 443. The first-order valence-electron chi connectivity index (χ1n) is 6.72. The number of amides is 1. The van der Waals surface area contributed by atoms with E-state index in [1.54, 1.807) is 12.1 Å². The molecular weight excluding hydrogens is 226 g/mol. The number of nitrogens with one attached hydrogen (secondary N) is 1. The van der Waals surface area contributed by atoms with Gasteiger partial charge >= 0.3 is 0 Å². The molecule has 0 saturated heterocycles. The average molecular weight is 245 g/mol. The van der Waals surface area contributed by atoms with Gasteiger partial charge in [-0.2, -0.15) is 0 Å². The van der Waals surface area contributed by atoms with E-state index in [9.17, 15) is 4.79 Å². The van der Waals surface area contributed by atoms with Crippen molar-refractivity contribution in [1.82, 2.24) is 10.3 Å². The van der Waals surface area contributed by atoms with Crippen molar-refractivity contribution < 1.29 is 4.79 Å². The molecule has 0 spiro atoms. The summed E-state index contributed by atoms with van der Waals surface area (Å²) in [5, 5.41) is 3.03. The molecule has 4 heteroatoms. The third-order valence-electron chi connectivity index (χ3n) is 4.46. The fraction of sp³-hybridized carbons (Fsp3) is 0.571. The minimum Gasteiger partial charge on any atom is -0.384 e. The first-order chi connectivity index (χ1) is 8.72. The lowest BCUT2D eigenvalue weighted by Crippen LogP contribution is -2.31. The Balaban J connectivity index is 1.54. The predicted octanol–water partition coefficient (Wildman–Crippen LogP) is 1.83. The molecule has 0 radical (unpaired) electrons. The maximum absolute atomic E-state index is 11.9. The van der Waals surface area contributed by atoms with Crippen molar-refractivity contribution in [2.24, 2.45) is 17.8 Å². The molecule has 1 heterocycles. The van der Waals surface area contributed by atoms with Crippen molar-refractivity contribution >= 4 is 11.7 Å². The Kier molecular flexibility index (Phi) is 2.94. The Hall–Kier alpha value is -1.58. The smallest absolute Gasteiger partial charge is 0.252 e. The number of hydrogen-bond acceptors (Lipinski definition) is 3. The molecule has 2 fully saturated rings. The third kappa shape index (κ3) is 2.19. The van der Waals surface area contributed by atoms with E-state index in [2.05, 4.69) is 10.3 Å². The number of rotatable bonds is 3. The molecule has 3 atom stereocenters. The highest BCUT2D eigenvalue weighted by Crippen LogP contribution is 2.47. The van der Waals surface area contributed by atoms with Crippen molar-refractivity contribution in [3.63, 3.8) is 0 Å². The zero-order valence-electron chi connectivity index (χ0n) is 10.4. The molecule has 2 aliphatic rings. The lowest BCUT2D eigenvalue weighted by Gasteiger charge is -2.21. The largest absolute Gasteiger partial charge is 0.384 e. The van der Waals surface area contributed by atoms with E-state index in [1.807, 2.05) is 0 Å². The van der Waals surface area contributed by atoms with Crippen LogP contribution in [-0.4, -0.2) is 17.4 Å². The van der Waals surface area contributed by atoms with Crippen LogP contribution in [0, 0.1) is 17.8 Å². The van der Waals surface area contributed by atoms with Crippen LogP contribution in [0.4, 0.5) is 5.82 Å².